The van der Waals surface area contributed by atoms with Crippen LogP contribution in [-0.2, 0) is 16.4 Å². The number of aromatic nitrogens is 2. The molecule has 1 heterocycles. The topological polar surface area (TPSA) is 97.9 Å². The number of nitrogens with one attached hydrogen (secondary N) is 1. The molecule has 6 nitrogen and oxygen atoms in total. The zero-order valence-electron chi connectivity index (χ0n) is 11.7. The highest BCUT2D eigenvalue weighted by molar-refractivity contribution is 7.90. The van der Waals surface area contributed by atoms with Gasteiger partial charge in [-0.25, -0.2) is 13.2 Å². The number of hydrogen-bond donors (Lipinski definition) is 2. The smallest absolute Gasteiger partial charge is 0.340 e. The normalized spacial score (nSPS) is 11.8. The minimum Gasteiger partial charge on any atom is -0.399 e. The number of imidazole rings is 1. The van der Waals surface area contributed by atoms with Crippen molar-refractivity contribution in [3.8, 4) is 0 Å². The Labute approximate surface area is 127 Å². The molecule has 0 aliphatic rings. The molecule has 3 N–H and O–H groups in total. The summed E-state index contributed by atoms with van der Waals surface area (Å²) in [6.45, 7) is 0. The molecule has 0 aliphatic heterocycles. The summed E-state index contributed by atoms with van der Waals surface area (Å²) in [6.07, 6.45) is 0.345. The van der Waals surface area contributed by atoms with Gasteiger partial charge >= 0.3 is 5.69 Å². The maximum atomic E-state index is 12.5. The number of aryl methyl sites for hydroxylation is 1. The Morgan fingerprint density at radius 3 is 2.55 bits per heavy atom. The molecule has 0 saturated carbocycles. The largest absolute Gasteiger partial charge is 0.399 e. The number of aromatic amines is 1. The maximum Gasteiger partial charge on any atom is 0.340 e. The first kappa shape index (κ1) is 14.4. The van der Waals surface area contributed by atoms with Gasteiger partial charge in [0, 0.05) is 5.69 Å². The average Bonchev–Trinajstić information content (AvgIpc) is 2.82. The molecule has 7 heteroatoms. The molecule has 114 valence electrons. The van der Waals surface area contributed by atoms with Gasteiger partial charge in [-0.2, -0.15) is 3.97 Å². The number of fused-ring (bicyclic) bond motifs is 1. The van der Waals surface area contributed by atoms with Gasteiger partial charge in [0.15, 0.2) is 0 Å². The predicted octanol–water partition coefficient (Wildman–Crippen LogP) is 1.33. The lowest BCUT2D eigenvalue weighted by atomic mass is 10.2. The van der Waals surface area contributed by atoms with Gasteiger partial charge in [-0.1, -0.05) is 30.3 Å². The molecule has 0 fully saturated rings. The Morgan fingerprint density at radius 1 is 1.09 bits per heavy atom. The standard InChI is InChI=1S/C15H15N3O3S/c16-12-6-7-14-13(10-12)17-15(19)18(14)22(20,21)9-8-11-4-2-1-3-5-11/h1-7,10H,8-9,16H2,(H,17,19). The SMILES string of the molecule is Nc1ccc2c(c1)[nH]c(=O)n2S(=O)(=O)CCc1ccccc1. The Hall–Kier alpha value is -2.54. The summed E-state index contributed by atoms with van der Waals surface area (Å²) in [5, 5.41) is 0. The lowest BCUT2D eigenvalue weighted by Gasteiger charge is -2.06. The van der Waals surface area contributed by atoms with Crippen molar-refractivity contribution in [1.29, 1.82) is 0 Å². The van der Waals surface area contributed by atoms with Crippen LogP contribution in [0, 0.1) is 0 Å². The minimum atomic E-state index is -3.75. The van der Waals surface area contributed by atoms with Gasteiger partial charge in [0.25, 0.3) is 0 Å². The van der Waals surface area contributed by atoms with Crippen molar-refractivity contribution < 1.29 is 8.42 Å². The predicted molar refractivity (Wildman–Crippen MR) is 86.3 cm³/mol. The number of nitrogen functional groups attached to an aromatic ring is 1. The van der Waals surface area contributed by atoms with Crippen molar-refractivity contribution in [3.05, 3.63) is 64.6 Å². The summed E-state index contributed by atoms with van der Waals surface area (Å²) in [5.41, 5.74) is 7.06. The summed E-state index contributed by atoms with van der Waals surface area (Å²) in [7, 11) is -3.75. The van der Waals surface area contributed by atoms with E-state index in [-0.39, 0.29) is 5.75 Å². The number of H-pyrrole nitrogens is 1. The highest BCUT2D eigenvalue weighted by Crippen LogP contribution is 2.16. The molecule has 22 heavy (non-hydrogen) atoms. The fraction of sp³-hybridized carbons (Fsp3) is 0.133. The number of rotatable bonds is 4. The van der Waals surface area contributed by atoms with Crippen molar-refractivity contribution in [2.24, 2.45) is 0 Å². The molecule has 3 rings (SSSR count). The van der Waals surface area contributed by atoms with Crippen LogP contribution in [0.2, 0.25) is 0 Å². The molecule has 0 saturated heterocycles. The average molecular weight is 317 g/mol. The first-order valence-electron chi connectivity index (χ1n) is 6.75. The van der Waals surface area contributed by atoms with E-state index in [1.54, 1.807) is 12.1 Å². The van der Waals surface area contributed by atoms with Gasteiger partial charge in [0.2, 0.25) is 10.0 Å². The summed E-state index contributed by atoms with van der Waals surface area (Å²) in [4.78, 5) is 14.5. The molecule has 0 unspecified atom stereocenters. The van der Waals surface area contributed by atoms with Crippen molar-refractivity contribution in [1.82, 2.24) is 8.96 Å². The zero-order chi connectivity index (χ0) is 15.7. The van der Waals surface area contributed by atoms with E-state index in [1.165, 1.54) is 6.07 Å². The molecule has 3 aromatic rings. The number of nitrogens with zero attached hydrogens (tertiary/aromatic N) is 1. The van der Waals surface area contributed by atoms with Crippen LogP contribution >= 0.6 is 0 Å². The van der Waals surface area contributed by atoms with Crippen LogP contribution < -0.4 is 11.4 Å². The van der Waals surface area contributed by atoms with Crippen LogP contribution in [0.25, 0.3) is 11.0 Å². The maximum absolute atomic E-state index is 12.5. The molecule has 0 aliphatic carbocycles. The first-order chi connectivity index (χ1) is 10.5. The van der Waals surface area contributed by atoms with Gasteiger partial charge in [-0.05, 0) is 30.2 Å². The lowest BCUT2D eigenvalue weighted by Crippen LogP contribution is -2.28. The van der Waals surface area contributed by atoms with Gasteiger partial charge in [-0.3, -0.25) is 0 Å². The van der Waals surface area contributed by atoms with Crippen LogP contribution in [0.4, 0.5) is 5.69 Å². The molecule has 1 aromatic heterocycles. The number of nitrogens with two attached hydrogens (primary N) is 1. The van der Waals surface area contributed by atoms with Crippen molar-refractivity contribution in [2.75, 3.05) is 11.5 Å². The van der Waals surface area contributed by atoms with Crippen molar-refractivity contribution >= 4 is 26.7 Å². The van der Waals surface area contributed by atoms with E-state index in [4.69, 9.17) is 5.73 Å². The Morgan fingerprint density at radius 2 is 1.82 bits per heavy atom. The summed E-state index contributed by atoms with van der Waals surface area (Å²) < 4.78 is 25.8. The fourth-order valence-corrected chi connectivity index (χ4v) is 3.80. The van der Waals surface area contributed by atoms with Gasteiger partial charge in [-0.15, -0.1) is 0 Å². The highest BCUT2D eigenvalue weighted by atomic mass is 32.2. The van der Waals surface area contributed by atoms with Crippen LogP contribution in [-0.4, -0.2) is 23.1 Å². The number of benzene rings is 2. The van der Waals surface area contributed by atoms with Crippen LogP contribution in [0.15, 0.2) is 53.3 Å². The summed E-state index contributed by atoms with van der Waals surface area (Å²) >= 11 is 0. The minimum absolute atomic E-state index is 0.145. The quantitative estimate of drug-likeness (QED) is 0.709. The Balaban J connectivity index is 1.99. The second-order valence-corrected chi connectivity index (χ2v) is 6.96. The third kappa shape index (κ3) is 2.62. The van der Waals surface area contributed by atoms with E-state index in [9.17, 15) is 13.2 Å². The summed E-state index contributed by atoms with van der Waals surface area (Å²) in [5.74, 6) is -0.145. The van der Waals surface area contributed by atoms with Gasteiger partial charge in [0.1, 0.15) is 0 Å². The van der Waals surface area contributed by atoms with Crippen LogP contribution in [0.5, 0.6) is 0 Å². The van der Waals surface area contributed by atoms with E-state index in [1.807, 2.05) is 30.3 Å². The number of hydrogen-bond acceptors (Lipinski definition) is 4. The second-order valence-electron chi connectivity index (χ2n) is 5.02. The molecule has 0 amide bonds. The molecule has 0 atom stereocenters. The number of anilines is 1. The first-order valence-corrected chi connectivity index (χ1v) is 8.36. The monoisotopic (exact) mass is 317 g/mol. The van der Waals surface area contributed by atoms with Gasteiger partial charge in [0.05, 0.1) is 16.8 Å². The molecular weight excluding hydrogens is 302 g/mol. The van der Waals surface area contributed by atoms with E-state index in [0.29, 0.717) is 23.1 Å². The zero-order valence-corrected chi connectivity index (χ0v) is 12.5. The van der Waals surface area contributed by atoms with E-state index in [0.717, 1.165) is 9.54 Å². The molecule has 0 radical (unpaired) electrons. The molecule has 2 aromatic carbocycles. The Bertz CT molecular complexity index is 972. The fourth-order valence-electron chi connectivity index (χ4n) is 2.37. The van der Waals surface area contributed by atoms with Crippen LogP contribution in [0.1, 0.15) is 5.56 Å². The molecule has 0 bridgehead atoms. The third-order valence-corrected chi connectivity index (χ3v) is 5.07. The van der Waals surface area contributed by atoms with Gasteiger partial charge < -0.3 is 10.7 Å². The van der Waals surface area contributed by atoms with Crippen LogP contribution in [0.3, 0.4) is 0 Å². The third-order valence-electron chi connectivity index (χ3n) is 3.44. The molecule has 0 spiro atoms. The van der Waals surface area contributed by atoms with E-state index >= 15 is 0 Å². The molecular formula is C15H15N3O3S. The van der Waals surface area contributed by atoms with Crippen molar-refractivity contribution in [3.63, 3.8) is 0 Å². The van der Waals surface area contributed by atoms with E-state index in [2.05, 4.69) is 4.98 Å². The van der Waals surface area contributed by atoms with E-state index < -0.39 is 15.7 Å². The summed E-state index contributed by atoms with van der Waals surface area (Å²) in [6, 6.07) is 13.9. The van der Waals surface area contributed by atoms with Crippen molar-refractivity contribution in [2.45, 2.75) is 6.42 Å². The Kier molecular flexibility index (Phi) is 3.50. The highest BCUT2D eigenvalue weighted by Gasteiger charge is 2.20. The second kappa shape index (κ2) is 5.34. The lowest BCUT2D eigenvalue weighted by molar-refractivity contribution is 0.586.